The molecule has 1 aromatic heterocycles. The second kappa shape index (κ2) is 5.04. The fraction of sp³-hybridized carbons (Fsp3) is 0.286. The number of nitrogens with zero attached hydrogens (tertiary/aromatic N) is 2. The first-order valence-electron chi connectivity index (χ1n) is 5.80. The normalized spacial score (nSPS) is 10.4. The molecule has 0 atom stereocenters. The van der Waals surface area contributed by atoms with Gasteiger partial charge in [-0.3, -0.25) is 0 Å². The molecule has 0 unspecified atom stereocenters. The van der Waals surface area contributed by atoms with E-state index in [-0.39, 0.29) is 0 Å². The summed E-state index contributed by atoms with van der Waals surface area (Å²) < 4.78 is 6.05. The number of ether oxygens (including phenoxy) is 1. The molecule has 1 heterocycles. The van der Waals surface area contributed by atoms with Crippen molar-refractivity contribution >= 4 is 0 Å². The molecule has 0 N–H and O–H groups in total. The Labute approximate surface area is 106 Å². The van der Waals surface area contributed by atoms with E-state index in [0.29, 0.717) is 17.9 Å². The molecule has 0 saturated heterocycles. The number of benzene rings is 1. The number of hydrogen-bond donors (Lipinski definition) is 0. The number of rotatable bonds is 3. The van der Waals surface area contributed by atoms with E-state index in [9.17, 15) is 5.21 Å². The van der Waals surface area contributed by atoms with Gasteiger partial charge in [0.05, 0.1) is 13.5 Å². The molecule has 2 rings (SSSR count). The molecule has 2 aromatic rings. The Balaban J connectivity index is 2.33. The molecule has 0 spiro atoms. The average Bonchev–Trinajstić information content (AvgIpc) is 2.35. The van der Waals surface area contributed by atoms with Crippen molar-refractivity contribution in [3.8, 4) is 5.75 Å². The van der Waals surface area contributed by atoms with Gasteiger partial charge in [0.15, 0.2) is 5.69 Å². The summed E-state index contributed by atoms with van der Waals surface area (Å²) in [6.45, 7) is 3.68. The van der Waals surface area contributed by atoms with Crippen molar-refractivity contribution in [1.82, 2.24) is 4.98 Å². The second-order valence-corrected chi connectivity index (χ2v) is 4.28. The van der Waals surface area contributed by atoms with Crippen LogP contribution < -0.4 is 9.47 Å². The van der Waals surface area contributed by atoms with Gasteiger partial charge in [-0.2, -0.15) is 0 Å². The highest BCUT2D eigenvalue weighted by atomic mass is 16.5. The van der Waals surface area contributed by atoms with Gasteiger partial charge in [-0.1, -0.05) is 17.1 Å². The molecule has 4 heteroatoms. The van der Waals surface area contributed by atoms with Crippen LogP contribution in [0.25, 0.3) is 0 Å². The molecule has 4 nitrogen and oxygen atoms in total. The standard InChI is InChI=1S/C14H16N2O2/c1-10-7-11(2)16(17)14(15-10)9-12-5-4-6-13(8-12)18-3/h4-8H,9H2,1-3H3. The fourth-order valence-electron chi connectivity index (χ4n) is 1.92. The molecule has 0 aliphatic rings. The SMILES string of the molecule is COc1cccc(Cc2nc(C)cc(C)[n+]2[O-])c1. The summed E-state index contributed by atoms with van der Waals surface area (Å²) in [6, 6.07) is 9.44. The van der Waals surface area contributed by atoms with Gasteiger partial charge in [0.2, 0.25) is 0 Å². The average molecular weight is 244 g/mol. The van der Waals surface area contributed by atoms with Crippen molar-refractivity contribution < 1.29 is 9.47 Å². The van der Waals surface area contributed by atoms with Crippen molar-refractivity contribution in [2.45, 2.75) is 20.3 Å². The quantitative estimate of drug-likeness (QED) is 0.612. The topological polar surface area (TPSA) is 49.1 Å². The van der Waals surface area contributed by atoms with Crippen LogP contribution >= 0.6 is 0 Å². The first kappa shape index (κ1) is 12.4. The molecule has 0 aliphatic heterocycles. The minimum Gasteiger partial charge on any atom is -0.711 e. The van der Waals surface area contributed by atoms with Gasteiger partial charge in [0.25, 0.3) is 0 Å². The Hall–Kier alpha value is -2.10. The van der Waals surface area contributed by atoms with Crippen molar-refractivity contribution in [3.05, 3.63) is 58.3 Å². The lowest BCUT2D eigenvalue weighted by Gasteiger charge is -2.10. The van der Waals surface area contributed by atoms with E-state index >= 15 is 0 Å². The Bertz CT molecular complexity index is 568. The van der Waals surface area contributed by atoms with Crippen LogP contribution in [0, 0.1) is 19.1 Å². The maximum absolute atomic E-state index is 11.9. The van der Waals surface area contributed by atoms with E-state index in [4.69, 9.17) is 4.74 Å². The van der Waals surface area contributed by atoms with E-state index < -0.39 is 0 Å². The lowest BCUT2D eigenvalue weighted by molar-refractivity contribution is -0.624. The Morgan fingerprint density at radius 2 is 2.06 bits per heavy atom. The molecule has 0 saturated carbocycles. The molecule has 1 aromatic carbocycles. The molecular formula is C14H16N2O2. The summed E-state index contributed by atoms with van der Waals surface area (Å²) in [5.74, 6) is 1.30. The molecular weight excluding hydrogens is 228 g/mol. The first-order chi connectivity index (χ1) is 8.60. The number of aryl methyl sites for hydroxylation is 2. The van der Waals surface area contributed by atoms with Gasteiger partial charge in [-0.15, -0.1) is 0 Å². The van der Waals surface area contributed by atoms with Crippen molar-refractivity contribution in [2.75, 3.05) is 7.11 Å². The summed E-state index contributed by atoms with van der Waals surface area (Å²) >= 11 is 0. The number of aromatic nitrogens is 2. The maximum Gasteiger partial charge on any atom is 0.306 e. The largest absolute Gasteiger partial charge is 0.711 e. The third kappa shape index (κ3) is 2.59. The summed E-state index contributed by atoms with van der Waals surface area (Å²) in [6.07, 6.45) is 0.503. The van der Waals surface area contributed by atoms with Crippen molar-refractivity contribution in [1.29, 1.82) is 0 Å². The van der Waals surface area contributed by atoms with Crippen LogP contribution in [0.4, 0.5) is 0 Å². The lowest BCUT2D eigenvalue weighted by atomic mass is 10.1. The van der Waals surface area contributed by atoms with Crippen LogP contribution in [0.5, 0.6) is 5.75 Å². The molecule has 0 aliphatic carbocycles. The molecule has 18 heavy (non-hydrogen) atoms. The van der Waals surface area contributed by atoms with Crippen LogP contribution in [-0.4, -0.2) is 12.1 Å². The summed E-state index contributed by atoms with van der Waals surface area (Å²) in [5.41, 5.74) is 2.54. The van der Waals surface area contributed by atoms with Crippen LogP contribution in [0.15, 0.2) is 30.3 Å². The molecule has 0 bridgehead atoms. The molecule has 0 radical (unpaired) electrons. The predicted octanol–water partition coefficient (Wildman–Crippen LogP) is 1.93. The van der Waals surface area contributed by atoms with E-state index in [2.05, 4.69) is 4.98 Å². The summed E-state index contributed by atoms with van der Waals surface area (Å²) in [5, 5.41) is 11.9. The highest BCUT2D eigenvalue weighted by Crippen LogP contribution is 2.14. The summed E-state index contributed by atoms with van der Waals surface area (Å²) in [4.78, 5) is 4.29. The van der Waals surface area contributed by atoms with Gasteiger partial charge < -0.3 is 9.94 Å². The van der Waals surface area contributed by atoms with E-state index in [1.165, 1.54) is 0 Å². The van der Waals surface area contributed by atoms with Crippen LogP contribution in [0.2, 0.25) is 0 Å². The van der Waals surface area contributed by atoms with Crippen LogP contribution in [0.3, 0.4) is 0 Å². The lowest BCUT2D eigenvalue weighted by Crippen LogP contribution is -2.37. The van der Waals surface area contributed by atoms with Gasteiger partial charge in [-0.05, 0) is 24.6 Å². The van der Waals surface area contributed by atoms with E-state index in [1.807, 2.05) is 31.2 Å². The van der Waals surface area contributed by atoms with E-state index in [0.717, 1.165) is 21.7 Å². The minimum atomic E-state index is 0.503. The first-order valence-corrected chi connectivity index (χ1v) is 5.80. The van der Waals surface area contributed by atoms with Crippen LogP contribution in [0.1, 0.15) is 22.8 Å². The van der Waals surface area contributed by atoms with Gasteiger partial charge in [0, 0.05) is 13.0 Å². The van der Waals surface area contributed by atoms with Gasteiger partial charge in [0.1, 0.15) is 11.4 Å². The Kier molecular flexibility index (Phi) is 3.46. The minimum absolute atomic E-state index is 0.503. The third-order valence-electron chi connectivity index (χ3n) is 2.77. The van der Waals surface area contributed by atoms with Gasteiger partial charge in [-0.25, -0.2) is 4.73 Å². The predicted molar refractivity (Wildman–Crippen MR) is 68.5 cm³/mol. The Morgan fingerprint density at radius 1 is 1.28 bits per heavy atom. The highest BCUT2D eigenvalue weighted by molar-refractivity contribution is 5.29. The summed E-state index contributed by atoms with van der Waals surface area (Å²) in [7, 11) is 1.63. The third-order valence-corrected chi connectivity index (χ3v) is 2.77. The fourth-order valence-corrected chi connectivity index (χ4v) is 1.92. The van der Waals surface area contributed by atoms with Crippen molar-refractivity contribution in [2.24, 2.45) is 0 Å². The van der Waals surface area contributed by atoms with Gasteiger partial charge >= 0.3 is 5.82 Å². The zero-order valence-electron chi connectivity index (χ0n) is 10.8. The Morgan fingerprint density at radius 3 is 2.78 bits per heavy atom. The molecule has 0 fully saturated rings. The van der Waals surface area contributed by atoms with Crippen LogP contribution in [-0.2, 0) is 6.42 Å². The number of methoxy groups -OCH3 is 1. The maximum atomic E-state index is 11.9. The monoisotopic (exact) mass is 244 g/mol. The second-order valence-electron chi connectivity index (χ2n) is 4.28. The zero-order chi connectivity index (χ0) is 13.1. The molecule has 0 amide bonds. The smallest absolute Gasteiger partial charge is 0.306 e. The molecule has 94 valence electrons. The number of hydrogen-bond acceptors (Lipinski definition) is 3. The highest BCUT2D eigenvalue weighted by Gasteiger charge is 2.12. The zero-order valence-corrected chi connectivity index (χ0v) is 10.8. The van der Waals surface area contributed by atoms with E-state index in [1.54, 1.807) is 20.1 Å². The van der Waals surface area contributed by atoms with Crippen molar-refractivity contribution in [3.63, 3.8) is 0 Å².